The Balaban J connectivity index is 1.51. The summed E-state index contributed by atoms with van der Waals surface area (Å²) in [6.45, 7) is 2.02. The van der Waals surface area contributed by atoms with Gasteiger partial charge in [-0.25, -0.2) is 4.98 Å². The van der Waals surface area contributed by atoms with Gasteiger partial charge in [-0.1, -0.05) is 0 Å². The molecule has 0 saturated heterocycles. The Bertz CT molecular complexity index is 558. The molecule has 1 amide bonds. The van der Waals surface area contributed by atoms with Crippen molar-refractivity contribution in [3.05, 3.63) is 22.3 Å². The van der Waals surface area contributed by atoms with Gasteiger partial charge in [-0.2, -0.15) is 0 Å². The number of nitrogens with one attached hydrogen (secondary N) is 1. The molecular formula is C17H21BrN2O. The van der Waals surface area contributed by atoms with E-state index in [0.717, 1.165) is 21.9 Å². The maximum atomic E-state index is 12.7. The van der Waals surface area contributed by atoms with Crippen LogP contribution in [0.25, 0.3) is 0 Å². The zero-order valence-corrected chi connectivity index (χ0v) is 13.9. The molecule has 4 fully saturated rings. The number of aryl methyl sites for hydroxylation is 1. The van der Waals surface area contributed by atoms with Gasteiger partial charge in [-0.15, -0.1) is 0 Å². The summed E-state index contributed by atoms with van der Waals surface area (Å²) in [7, 11) is 0. The van der Waals surface area contributed by atoms with Gasteiger partial charge < -0.3 is 5.32 Å². The molecule has 0 aliphatic heterocycles. The van der Waals surface area contributed by atoms with Gasteiger partial charge in [0.05, 0.1) is 0 Å². The molecule has 0 aromatic carbocycles. The van der Waals surface area contributed by atoms with Gasteiger partial charge >= 0.3 is 0 Å². The minimum atomic E-state index is 0.207. The standard InChI is InChI=1S/C17H21BrN2O/c1-9-2-15(19-8-14(9)18)20-17(21)16-12-4-10-3-11(6-12)7-13(16)5-10/h2,8,10-13,16H,3-7H2,1H3,(H,19,20,21). The molecule has 1 aromatic rings. The van der Waals surface area contributed by atoms with Gasteiger partial charge in [0.2, 0.25) is 5.91 Å². The van der Waals surface area contributed by atoms with Gasteiger partial charge in [0.15, 0.2) is 0 Å². The molecule has 0 radical (unpaired) electrons. The number of halogens is 1. The summed E-state index contributed by atoms with van der Waals surface area (Å²) in [6.07, 6.45) is 8.29. The zero-order chi connectivity index (χ0) is 14.6. The minimum absolute atomic E-state index is 0.207. The molecule has 21 heavy (non-hydrogen) atoms. The lowest BCUT2D eigenvalue weighted by atomic mass is 9.51. The summed E-state index contributed by atoms with van der Waals surface area (Å²) in [5.74, 6) is 4.18. The number of aromatic nitrogens is 1. The quantitative estimate of drug-likeness (QED) is 0.871. The van der Waals surface area contributed by atoms with Crippen LogP contribution < -0.4 is 5.32 Å². The van der Waals surface area contributed by atoms with E-state index in [1.54, 1.807) is 6.20 Å². The van der Waals surface area contributed by atoms with Crippen LogP contribution in [-0.4, -0.2) is 10.9 Å². The molecule has 1 heterocycles. The highest BCUT2D eigenvalue weighted by Crippen LogP contribution is 2.56. The average Bonchev–Trinajstić information content (AvgIpc) is 2.41. The van der Waals surface area contributed by atoms with E-state index >= 15 is 0 Å². The summed E-state index contributed by atoms with van der Waals surface area (Å²) in [4.78, 5) is 17.0. The van der Waals surface area contributed by atoms with E-state index in [4.69, 9.17) is 0 Å². The molecule has 4 heteroatoms. The summed E-state index contributed by atoms with van der Waals surface area (Å²) in [5, 5.41) is 3.07. The van der Waals surface area contributed by atoms with Crippen molar-refractivity contribution in [1.29, 1.82) is 0 Å². The fourth-order valence-corrected chi connectivity index (χ4v) is 5.39. The summed E-state index contributed by atoms with van der Waals surface area (Å²) in [6, 6.07) is 1.94. The fourth-order valence-electron chi connectivity index (χ4n) is 5.17. The first-order chi connectivity index (χ1) is 10.1. The van der Waals surface area contributed by atoms with Crippen LogP contribution in [0, 0.1) is 36.5 Å². The zero-order valence-electron chi connectivity index (χ0n) is 12.3. The van der Waals surface area contributed by atoms with E-state index in [1.165, 1.54) is 32.1 Å². The third-order valence-corrected chi connectivity index (χ3v) is 6.66. The predicted octanol–water partition coefficient (Wildman–Crippen LogP) is 4.16. The van der Waals surface area contributed by atoms with Crippen molar-refractivity contribution in [1.82, 2.24) is 4.98 Å². The number of amides is 1. The van der Waals surface area contributed by atoms with Crippen LogP contribution in [0.15, 0.2) is 16.7 Å². The molecular weight excluding hydrogens is 328 g/mol. The van der Waals surface area contributed by atoms with E-state index in [9.17, 15) is 4.79 Å². The largest absolute Gasteiger partial charge is 0.310 e. The van der Waals surface area contributed by atoms with Crippen LogP contribution in [-0.2, 0) is 4.79 Å². The second-order valence-corrected chi connectivity index (χ2v) is 8.12. The number of carbonyl (C=O) groups is 1. The lowest BCUT2D eigenvalue weighted by Gasteiger charge is -2.53. The summed E-state index contributed by atoms with van der Waals surface area (Å²) in [5.41, 5.74) is 1.10. The van der Waals surface area contributed by atoms with Crippen molar-refractivity contribution >= 4 is 27.7 Å². The number of pyridine rings is 1. The maximum Gasteiger partial charge on any atom is 0.229 e. The molecule has 112 valence electrons. The Hall–Kier alpha value is -0.900. The number of carbonyl (C=O) groups excluding carboxylic acids is 1. The van der Waals surface area contributed by atoms with E-state index in [1.807, 2.05) is 13.0 Å². The molecule has 4 saturated carbocycles. The lowest BCUT2D eigenvalue weighted by molar-refractivity contribution is -0.132. The topological polar surface area (TPSA) is 42.0 Å². The van der Waals surface area contributed by atoms with Crippen LogP contribution in [0.2, 0.25) is 0 Å². The van der Waals surface area contributed by atoms with Gasteiger partial charge in [-0.3, -0.25) is 4.79 Å². The van der Waals surface area contributed by atoms with Crippen LogP contribution >= 0.6 is 15.9 Å². The van der Waals surface area contributed by atoms with Crippen LogP contribution in [0.1, 0.15) is 37.7 Å². The maximum absolute atomic E-state index is 12.7. The van der Waals surface area contributed by atoms with Crippen molar-refractivity contribution in [3.8, 4) is 0 Å². The summed E-state index contributed by atoms with van der Waals surface area (Å²) >= 11 is 3.45. The first kappa shape index (κ1) is 13.7. The van der Waals surface area contributed by atoms with Gasteiger partial charge in [0.25, 0.3) is 0 Å². The molecule has 4 bridgehead atoms. The van der Waals surface area contributed by atoms with E-state index < -0.39 is 0 Å². The highest BCUT2D eigenvalue weighted by Gasteiger charge is 2.50. The minimum Gasteiger partial charge on any atom is -0.310 e. The molecule has 0 unspecified atom stereocenters. The van der Waals surface area contributed by atoms with E-state index in [2.05, 4.69) is 26.2 Å². The van der Waals surface area contributed by atoms with Crippen molar-refractivity contribution in [2.45, 2.75) is 39.0 Å². The third kappa shape index (κ3) is 2.41. The number of rotatable bonds is 2. The monoisotopic (exact) mass is 348 g/mol. The predicted molar refractivity (Wildman–Crippen MR) is 85.8 cm³/mol. The van der Waals surface area contributed by atoms with Crippen LogP contribution in [0.5, 0.6) is 0 Å². The van der Waals surface area contributed by atoms with Crippen LogP contribution in [0.3, 0.4) is 0 Å². The second kappa shape index (κ2) is 5.08. The lowest BCUT2D eigenvalue weighted by Crippen LogP contribution is -2.49. The smallest absolute Gasteiger partial charge is 0.229 e. The normalized spacial score (nSPS) is 36.8. The molecule has 5 rings (SSSR count). The first-order valence-corrected chi connectivity index (χ1v) is 8.82. The number of hydrogen-bond donors (Lipinski definition) is 1. The molecule has 4 aliphatic rings. The SMILES string of the molecule is Cc1cc(NC(=O)C2C3CC4CC(C3)CC2C4)ncc1Br. The van der Waals surface area contributed by atoms with Crippen molar-refractivity contribution in [3.63, 3.8) is 0 Å². The molecule has 3 nitrogen and oxygen atoms in total. The Morgan fingerprint density at radius 2 is 1.81 bits per heavy atom. The number of anilines is 1. The number of nitrogens with zero attached hydrogens (tertiary/aromatic N) is 1. The van der Waals surface area contributed by atoms with Gasteiger partial charge in [0, 0.05) is 16.6 Å². The second-order valence-electron chi connectivity index (χ2n) is 7.26. The van der Waals surface area contributed by atoms with Crippen molar-refractivity contribution in [2.24, 2.45) is 29.6 Å². The van der Waals surface area contributed by atoms with E-state index in [0.29, 0.717) is 17.7 Å². The Labute approximate surface area is 134 Å². The van der Waals surface area contributed by atoms with Gasteiger partial charge in [-0.05, 0) is 90.3 Å². The molecule has 0 spiro atoms. The van der Waals surface area contributed by atoms with E-state index in [-0.39, 0.29) is 11.8 Å². The van der Waals surface area contributed by atoms with Crippen molar-refractivity contribution in [2.75, 3.05) is 5.32 Å². The Morgan fingerprint density at radius 1 is 1.19 bits per heavy atom. The van der Waals surface area contributed by atoms with Gasteiger partial charge in [0.1, 0.15) is 5.82 Å². The van der Waals surface area contributed by atoms with Crippen molar-refractivity contribution < 1.29 is 4.79 Å². The Kier molecular flexibility index (Phi) is 3.32. The Morgan fingerprint density at radius 3 is 2.38 bits per heavy atom. The molecule has 1 aromatic heterocycles. The summed E-state index contributed by atoms with van der Waals surface area (Å²) < 4.78 is 0.982. The third-order valence-electron chi connectivity index (χ3n) is 5.83. The highest BCUT2D eigenvalue weighted by atomic mass is 79.9. The first-order valence-electron chi connectivity index (χ1n) is 8.03. The molecule has 1 N–H and O–H groups in total. The average molecular weight is 349 g/mol. The molecule has 4 aliphatic carbocycles. The number of hydrogen-bond acceptors (Lipinski definition) is 2. The molecule has 0 atom stereocenters. The fraction of sp³-hybridized carbons (Fsp3) is 0.647. The highest BCUT2D eigenvalue weighted by molar-refractivity contribution is 9.10. The van der Waals surface area contributed by atoms with Crippen LogP contribution in [0.4, 0.5) is 5.82 Å².